The summed E-state index contributed by atoms with van der Waals surface area (Å²) in [5.74, 6) is -1.43. The SMILES string of the molecule is O=C(Nc1ccc(Cl)c([N+](=O)[O-])c1)C(=O)N1CCCC1. The molecule has 106 valence electrons. The number of carbonyl (C=O) groups is 2. The van der Waals surface area contributed by atoms with Gasteiger partial charge in [0.2, 0.25) is 0 Å². The summed E-state index contributed by atoms with van der Waals surface area (Å²) in [4.78, 5) is 35.1. The molecule has 8 heteroatoms. The van der Waals surface area contributed by atoms with Crippen LogP contribution in [-0.4, -0.2) is 34.7 Å². The van der Waals surface area contributed by atoms with Crippen LogP contribution in [0.3, 0.4) is 0 Å². The molecule has 0 bridgehead atoms. The number of halogens is 1. The van der Waals surface area contributed by atoms with E-state index in [0.717, 1.165) is 18.9 Å². The Kier molecular flexibility index (Phi) is 4.19. The zero-order valence-corrected chi connectivity index (χ0v) is 11.2. The molecular weight excluding hydrogens is 286 g/mol. The fraction of sp³-hybridized carbons (Fsp3) is 0.333. The first-order chi connectivity index (χ1) is 9.49. The molecule has 0 unspecified atom stereocenters. The Labute approximate surface area is 119 Å². The number of benzene rings is 1. The molecule has 0 spiro atoms. The zero-order valence-electron chi connectivity index (χ0n) is 10.5. The summed E-state index contributed by atoms with van der Waals surface area (Å²) in [5.41, 5.74) is -0.156. The van der Waals surface area contributed by atoms with Crippen LogP contribution in [-0.2, 0) is 9.59 Å². The van der Waals surface area contributed by atoms with Gasteiger partial charge in [0.1, 0.15) is 5.02 Å². The van der Waals surface area contributed by atoms with E-state index in [-0.39, 0.29) is 16.4 Å². The largest absolute Gasteiger partial charge is 0.334 e. The minimum atomic E-state index is -0.802. The van der Waals surface area contributed by atoms with Crippen LogP contribution in [0.25, 0.3) is 0 Å². The molecule has 1 heterocycles. The first kappa shape index (κ1) is 14.3. The number of rotatable bonds is 2. The number of carbonyl (C=O) groups excluding carboxylic acids is 2. The van der Waals surface area contributed by atoms with Gasteiger partial charge in [-0.3, -0.25) is 19.7 Å². The highest BCUT2D eigenvalue weighted by molar-refractivity contribution is 6.39. The first-order valence-electron chi connectivity index (χ1n) is 6.03. The highest BCUT2D eigenvalue weighted by Gasteiger charge is 2.25. The van der Waals surface area contributed by atoms with E-state index in [0.29, 0.717) is 13.1 Å². The average molecular weight is 298 g/mol. The Balaban J connectivity index is 2.09. The topological polar surface area (TPSA) is 92.5 Å². The van der Waals surface area contributed by atoms with Gasteiger partial charge in [0, 0.05) is 24.8 Å². The highest BCUT2D eigenvalue weighted by Crippen LogP contribution is 2.27. The van der Waals surface area contributed by atoms with Crippen molar-refractivity contribution < 1.29 is 14.5 Å². The number of amides is 2. The average Bonchev–Trinajstić information content (AvgIpc) is 2.93. The fourth-order valence-electron chi connectivity index (χ4n) is 1.98. The lowest BCUT2D eigenvalue weighted by Crippen LogP contribution is -2.37. The van der Waals surface area contributed by atoms with E-state index in [9.17, 15) is 19.7 Å². The predicted octanol–water partition coefficient (Wildman–Crippen LogP) is 1.81. The van der Waals surface area contributed by atoms with Gasteiger partial charge in [-0.15, -0.1) is 0 Å². The van der Waals surface area contributed by atoms with Crippen molar-refractivity contribution in [1.82, 2.24) is 4.90 Å². The van der Waals surface area contributed by atoms with Gasteiger partial charge in [-0.05, 0) is 25.0 Å². The first-order valence-corrected chi connectivity index (χ1v) is 6.41. The summed E-state index contributed by atoms with van der Waals surface area (Å²) in [7, 11) is 0. The molecule has 1 aliphatic rings. The fourth-order valence-corrected chi connectivity index (χ4v) is 2.17. The van der Waals surface area contributed by atoms with Crippen molar-refractivity contribution in [3.63, 3.8) is 0 Å². The van der Waals surface area contributed by atoms with Gasteiger partial charge in [-0.1, -0.05) is 11.6 Å². The van der Waals surface area contributed by atoms with Gasteiger partial charge in [0.25, 0.3) is 5.69 Å². The smallest absolute Gasteiger partial charge is 0.313 e. The molecule has 7 nitrogen and oxygen atoms in total. The molecule has 2 rings (SSSR count). The van der Waals surface area contributed by atoms with Crippen molar-refractivity contribution in [2.24, 2.45) is 0 Å². The third kappa shape index (κ3) is 3.05. The molecule has 0 atom stereocenters. The van der Waals surface area contributed by atoms with E-state index in [1.54, 1.807) is 0 Å². The second-order valence-corrected chi connectivity index (χ2v) is 4.78. The van der Waals surface area contributed by atoms with Crippen molar-refractivity contribution in [2.75, 3.05) is 18.4 Å². The molecule has 1 aromatic rings. The van der Waals surface area contributed by atoms with Crippen LogP contribution in [0, 0.1) is 10.1 Å². The number of likely N-dealkylation sites (tertiary alicyclic amines) is 1. The van der Waals surface area contributed by atoms with Gasteiger partial charge in [-0.2, -0.15) is 0 Å². The Morgan fingerprint density at radius 2 is 1.95 bits per heavy atom. The number of nitrogens with zero attached hydrogens (tertiary/aromatic N) is 2. The Morgan fingerprint density at radius 3 is 2.55 bits per heavy atom. The maximum atomic E-state index is 11.8. The Hall–Kier alpha value is -2.15. The van der Waals surface area contributed by atoms with Crippen molar-refractivity contribution in [3.8, 4) is 0 Å². The third-order valence-electron chi connectivity index (χ3n) is 2.99. The number of nitrogens with one attached hydrogen (secondary N) is 1. The van der Waals surface area contributed by atoms with Gasteiger partial charge >= 0.3 is 11.8 Å². The summed E-state index contributed by atoms with van der Waals surface area (Å²) in [6.07, 6.45) is 1.76. The zero-order chi connectivity index (χ0) is 14.7. The minimum absolute atomic E-state index is 0.0288. The van der Waals surface area contributed by atoms with Crippen LogP contribution in [0.4, 0.5) is 11.4 Å². The standard InChI is InChI=1S/C12H12ClN3O4/c13-9-4-3-8(7-10(9)16(19)20)14-11(17)12(18)15-5-1-2-6-15/h3-4,7H,1-2,5-6H2,(H,14,17). The monoisotopic (exact) mass is 297 g/mol. The van der Waals surface area contributed by atoms with Gasteiger partial charge in [-0.25, -0.2) is 0 Å². The number of anilines is 1. The Morgan fingerprint density at radius 1 is 1.30 bits per heavy atom. The molecule has 2 amide bonds. The second kappa shape index (κ2) is 5.87. The van der Waals surface area contributed by atoms with E-state index in [4.69, 9.17) is 11.6 Å². The van der Waals surface area contributed by atoms with E-state index in [1.165, 1.54) is 17.0 Å². The Bertz CT molecular complexity index is 570. The van der Waals surface area contributed by atoms with Crippen LogP contribution in [0.15, 0.2) is 18.2 Å². The molecule has 0 aliphatic carbocycles. The number of hydrogen-bond donors (Lipinski definition) is 1. The molecule has 0 radical (unpaired) electrons. The van der Waals surface area contributed by atoms with Crippen LogP contribution in [0.1, 0.15) is 12.8 Å². The van der Waals surface area contributed by atoms with Crippen molar-refractivity contribution in [3.05, 3.63) is 33.3 Å². The highest BCUT2D eigenvalue weighted by atomic mass is 35.5. The molecule has 1 fully saturated rings. The molecule has 1 aliphatic heterocycles. The summed E-state index contributed by atoms with van der Waals surface area (Å²) in [6.45, 7) is 1.13. The maximum Gasteiger partial charge on any atom is 0.313 e. The van der Waals surface area contributed by atoms with Crippen molar-refractivity contribution in [1.29, 1.82) is 0 Å². The molecule has 1 saturated heterocycles. The summed E-state index contributed by atoms with van der Waals surface area (Å²) < 4.78 is 0. The molecule has 0 saturated carbocycles. The molecular formula is C12H12ClN3O4. The maximum absolute atomic E-state index is 11.8. The molecule has 1 aromatic carbocycles. The van der Waals surface area contributed by atoms with Crippen molar-refractivity contribution >= 4 is 34.8 Å². The summed E-state index contributed by atoms with van der Waals surface area (Å²) in [5, 5.41) is 13.1. The summed E-state index contributed by atoms with van der Waals surface area (Å²) in [6, 6.07) is 3.83. The van der Waals surface area contributed by atoms with Crippen LogP contribution >= 0.6 is 11.6 Å². The molecule has 1 N–H and O–H groups in total. The lowest BCUT2D eigenvalue weighted by Gasteiger charge is -2.14. The van der Waals surface area contributed by atoms with E-state index < -0.39 is 16.7 Å². The van der Waals surface area contributed by atoms with Crippen LogP contribution < -0.4 is 5.32 Å². The van der Waals surface area contributed by atoms with Crippen LogP contribution in [0.5, 0.6) is 0 Å². The number of nitro benzene ring substituents is 1. The van der Waals surface area contributed by atoms with E-state index >= 15 is 0 Å². The lowest BCUT2D eigenvalue weighted by atomic mass is 10.2. The molecule has 0 aromatic heterocycles. The normalized spacial score (nSPS) is 14.2. The van der Waals surface area contributed by atoms with E-state index in [2.05, 4.69) is 5.32 Å². The van der Waals surface area contributed by atoms with Gasteiger partial charge in [0.15, 0.2) is 0 Å². The summed E-state index contributed by atoms with van der Waals surface area (Å²) >= 11 is 5.66. The van der Waals surface area contributed by atoms with Gasteiger partial charge in [0.05, 0.1) is 4.92 Å². The minimum Gasteiger partial charge on any atom is -0.334 e. The van der Waals surface area contributed by atoms with Gasteiger partial charge < -0.3 is 10.2 Å². The van der Waals surface area contributed by atoms with Crippen LogP contribution in [0.2, 0.25) is 5.02 Å². The lowest BCUT2D eigenvalue weighted by molar-refractivity contribution is -0.384. The van der Waals surface area contributed by atoms with E-state index in [1.807, 2.05) is 0 Å². The second-order valence-electron chi connectivity index (χ2n) is 4.38. The van der Waals surface area contributed by atoms with Crippen molar-refractivity contribution in [2.45, 2.75) is 12.8 Å². The number of hydrogen-bond acceptors (Lipinski definition) is 4. The third-order valence-corrected chi connectivity index (χ3v) is 3.31. The molecule has 20 heavy (non-hydrogen) atoms. The quantitative estimate of drug-likeness (QED) is 0.512. The predicted molar refractivity (Wildman–Crippen MR) is 72.6 cm³/mol. The number of nitro groups is 1.